The molecule has 6 aliphatic heterocycles. The maximum absolute atomic E-state index is 13.1. The van der Waals surface area contributed by atoms with Crippen molar-refractivity contribution in [1.29, 1.82) is 0 Å². The second-order valence-electron chi connectivity index (χ2n) is 16.5. The second kappa shape index (κ2) is 21.0. The molecular weight excluding hydrogens is 870 g/mol. The van der Waals surface area contributed by atoms with Crippen LogP contribution in [0.1, 0.15) is 48.5 Å². The third-order valence-corrected chi connectivity index (χ3v) is 11.7. The molecule has 0 aromatic rings. The maximum Gasteiger partial charge on any atom is 0.303 e. The van der Waals surface area contributed by atoms with Crippen LogP contribution in [-0.2, 0) is 80.8 Å². The Hall–Kier alpha value is -2.84. The molecule has 26 heteroatoms. The number of nitrogens with one attached hydrogen (secondary N) is 1. The standard InChI is InChI=1S/C38H59NO25/c1-10-20(46)24(50)30-36(52-10)62-29-21(47)11(2)53-37(32(29)57-16(7)45)61-28-19(39-13(4)42)34(59-18(9-41)27(28)60-35-25(51)23(49)22(48)17(8-40)58-35)64-33-31(56-15(6)44)26(55-14(5)43)12(3)54-38(33)63-30/h10-12,17-38,40-41,46-51H,8-9H2,1-7H3,(H,39,42)/t10-,11-,12-,17+,18+,19+,20-,21-,22+,23-,24+,25+,26-,27+,28+,29+,30+,31+,32+,33+,34-,35+,36-,37-,38-/m0/s1. The van der Waals surface area contributed by atoms with E-state index in [4.69, 9.17) is 61.6 Å². The van der Waals surface area contributed by atoms with E-state index in [1.807, 2.05) is 0 Å². The Kier molecular flexibility index (Phi) is 16.6. The summed E-state index contributed by atoms with van der Waals surface area (Å²) in [5.41, 5.74) is 0. The molecular formula is C38H59NO25. The summed E-state index contributed by atoms with van der Waals surface area (Å²) in [7, 11) is 0. The third-order valence-electron chi connectivity index (χ3n) is 11.7. The number of hydrogen-bond donors (Lipinski definition) is 9. The van der Waals surface area contributed by atoms with Crippen molar-refractivity contribution in [3.05, 3.63) is 0 Å². The number of carbonyl (C=O) groups excluding carboxylic acids is 4. The van der Waals surface area contributed by atoms with Gasteiger partial charge in [-0.3, -0.25) is 19.2 Å². The number of aliphatic hydroxyl groups excluding tert-OH is 8. The largest absolute Gasteiger partial charge is 0.456 e. The highest BCUT2D eigenvalue weighted by Gasteiger charge is 2.60. The van der Waals surface area contributed by atoms with Gasteiger partial charge in [-0.2, -0.15) is 0 Å². The minimum absolute atomic E-state index is 0.777. The van der Waals surface area contributed by atoms with Gasteiger partial charge in [-0.15, -0.1) is 0 Å². The van der Waals surface area contributed by atoms with Crippen molar-refractivity contribution in [2.24, 2.45) is 0 Å². The van der Waals surface area contributed by atoms with E-state index in [0.717, 1.165) is 27.7 Å². The third kappa shape index (κ3) is 10.6. The Morgan fingerprint density at radius 2 is 0.969 bits per heavy atom. The number of rotatable bonds is 8. The molecule has 6 aliphatic rings. The van der Waals surface area contributed by atoms with E-state index in [2.05, 4.69) is 5.32 Å². The first kappa shape index (κ1) is 50.6. The Morgan fingerprint density at radius 1 is 0.453 bits per heavy atom. The highest BCUT2D eigenvalue weighted by molar-refractivity contribution is 5.73. The molecule has 6 rings (SSSR count). The lowest BCUT2D eigenvalue weighted by Crippen LogP contribution is -2.72. The monoisotopic (exact) mass is 929 g/mol. The van der Waals surface area contributed by atoms with Gasteiger partial charge in [0.1, 0.15) is 79.3 Å². The van der Waals surface area contributed by atoms with Crippen molar-refractivity contribution < 1.29 is 122 Å². The van der Waals surface area contributed by atoms with Crippen molar-refractivity contribution in [2.75, 3.05) is 13.2 Å². The predicted molar refractivity (Wildman–Crippen MR) is 199 cm³/mol. The molecule has 6 saturated heterocycles. The summed E-state index contributed by atoms with van der Waals surface area (Å²) in [4.78, 5) is 51.1. The van der Waals surface area contributed by atoms with E-state index in [1.165, 1.54) is 20.8 Å². The number of ether oxygens (including phenoxy) is 13. The first-order valence-electron chi connectivity index (χ1n) is 20.8. The van der Waals surface area contributed by atoms with E-state index < -0.39 is 190 Å². The summed E-state index contributed by atoms with van der Waals surface area (Å²) in [6.07, 6.45) is -40.4. The molecule has 0 spiro atoms. The van der Waals surface area contributed by atoms with Gasteiger partial charge in [-0.25, -0.2) is 0 Å². The number of hydrogen-bond acceptors (Lipinski definition) is 25. The Bertz CT molecular complexity index is 1620. The van der Waals surface area contributed by atoms with Gasteiger partial charge in [0.25, 0.3) is 0 Å². The maximum atomic E-state index is 13.1. The van der Waals surface area contributed by atoms with Crippen LogP contribution in [0, 0.1) is 0 Å². The van der Waals surface area contributed by atoms with Crippen molar-refractivity contribution >= 4 is 23.8 Å². The van der Waals surface area contributed by atoms with Crippen molar-refractivity contribution in [3.63, 3.8) is 0 Å². The molecule has 4 bridgehead atoms. The topological polar surface area (TPSA) is 362 Å². The number of esters is 3. The Morgan fingerprint density at radius 3 is 1.58 bits per heavy atom. The number of fused-ring (bicyclic) bond motifs is 6. The van der Waals surface area contributed by atoms with Gasteiger partial charge in [-0.1, -0.05) is 0 Å². The van der Waals surface area contributed by atoms with Gasteiger partial charge in [-0.05, 0) is 20.8 Å². The molecule has 0 unspecified atom stereocenters. The fourth-order valence-electron chi connectivity index (χ4n) is 8.57. The van der Waals surface area contributed by atoms with Crippen LogP contribution in [0.3, 0.4) is 0 Å². The fourth-order valence-corrected chi connectivity index (χ4v) is 8.57. The van der Waals surface area contributed by atoms with Gasteiger partial charge in [0.05, 0.1) is 31.5 Å². The second-order valence-corrected chi connectivity index (χ2v) is 16.5. The fraction of sp³-hybridized carbons (Fsp3) is 0.895. The smallest absolute Gasteiger partial charge is 0.303 e. The van der Waals surface area contributed by atoms with E-state index in [9.17, 15) is 60.0 Å². The van der Waals surface area contributed by atoms with Crippen LogP contribution in [-0.4, -0.2) is 231 Å². The summed E-state index contributed by atoms with van der Waals surface area (Å²) >= 11 is 0. The lowest BCUT2D eigenvalue weighted by atomic mass is 9.93. The van der Waals surface area contributed by atoms with Crippen molar-refractivity contribution in [2.45, 2.75) is 202 Å². The average Bonchev–Trinajstić information content (AvgIpc) is 3.21. The van der Waals surface area contributed by atoms with Crippen LogP contribution in [0.25, 0.3) is 0 Å². The van der Waals surface area contributed by atoms with Crippen LogP contribution in [0.5, 0.6) is 0 Å². The molecule has 0 aromatic heterocycles. The first-order chi connectivity index (χ1) is 30.1. The lowest BCUT2D eigenvalue weighted by Gasteiger charge is -2.53. The number of aliphatic hydroxyl groups is 8. The predicted octanol–water partition coefficient (Wildman–Crippen LogP) is -5.94. The molecule has 1 amide bonds. The molecule has 366 valence electrons. The summed E-state index contributed by atoms with van der Waals surface area (Å²) in [5.74, 6) is -3.48. The molecule has 6 heterocycles. The van der Waals surface area contributed by atoms with E-state index in [1.54, 1.807) is 0 Å². The molecule has 0 saturated carbocycles. The lowest BCUT2D eigenvalue weighted by molar-refractivity contribution is -0.414. The molecule has 0 radical (unpaired) electrons. The van der Waals surface area contributed by atoms with Crippen molar-refractivity contribution in [1.82, 2.24) is 5.32 Å². The van der Waals surface area contributed by atoms with Gasteiger partial charge in [0.2, 0.25) is 5.91 Å². The quantitative estimate of drug-likeness (QED) is 0.0808. The highest BCUT2D eigenvalue weighted by atomic mass is 16.8. The summed E-state index contributed by atoms with van der Waals surface area (Å²) in [6.45, 7) is 6.63. The minimum Gasteiger partial charge on any atom is -0.456 e. The molecule has 0 aromatic carbocycles. The zero-order chi connectivity index (χ0) is 47.1. The molecule has 25 atom stereocenters. The molecule has 64 heavy (non-hydrogen) atoms. The van der Waals surface area contributed by atoms with Gasteiger partial charge in [0, 0.05) is 27.7 Å². The SMILES string of the molecule is CC(=O)N[C@H]1[C@@H]2O[C@H]3[C@H](O[C@H]4[C@H](O[C@@H]5[C@@H](O)[C@H](C)O[C@@H](O[C@H]1[C@H](O[C@H]1O[C@H](CO)[C@@H](O)[C@H](O)[C@H]1O)[C@@H](CO)O2)[C@@H]5OC(C)=O)O[C@@H](C)[C@H](O)[C@H]4O)O[C@@H](C)[C@H](OC(C)=O)[C@H]3OC(C)=O. The van der Waals surface area contributed by atoms with Gasteiger partial charge >= 0.3 is 17.9 Å². The normalized spacial score (nSPS) is 48.6. The molecule has 6 fully saturated rings. The Balaban J connectivity index is 1.55. The average molecular weight is 930 g/mol. The van der Waals surface area contributed by atoms with E-state index in [-0.39, 0.29) is 0 Å². The molecule has 26 nitrogen and oxygen atoms in total. The van der Waals surface area contributed by atoms with E-state index >= 15 is 0 Å². The zero-order valence-corrected chi connectivity index (χ0v) is 35.9. The summed E-state index contributed by atoms with van der Waals surface area (Å²) < 4.78 is 79.0. The number of carbonyl (C=O) groups is 4. The van der Waals surface area contributed by atoms with Crippen LogP contribution in [0.4, 0.5) is 0 Å². The number of amides is 1. The summed E-state index contributed by atoms with van der Waals surface area (Å²) in [5, 5.41) is 89.8. The Labute approximate surface area is 365 Å². The van der Waals surface area contributed by atoms with Crippen LogP contribution >= 0.6 is 0 Å². The van der Waals surface area contributed by atoms with Crippen LogP contribution < -0.4 is 5.32 Å². The van der Waals surface area contributed by atoms with Crippen LogP contribution in [0.15, 0.2) is 0 Å². The van der Waals surface area contributed by atoms with Gasteiger partial charge < -0.3 is 108 Å². The van der Waals surface area contributed by atoms with Gasteiger partial charge in [0.15, 0.2) is 55.9 Å². The highest BCUT2D eigenvalue weighted by Crippen LogP contribution is 2.40. The van der Waals surface area contributed by atoms with Crippen LogP contribution in [0.2, 0.25) is 0 Å². The molecule has 0 aliphatic carbocycles. The minimum atomic E-state index is -2.02. The van der Waals surface area contributed by atoms with Crippen molar-refractivity contribution in [3.8, 4) is 0 Å². The zero-order valence-electron chi connectivity index (χ0n) is 35.9. The first-order valence-corrected chi connectivity index (χ1v) is 20.8. The molecule has 9 N–H and O–H groups in total. The van der Waals surface area contributed by atoms with E-state index in [0.29, 0.717) is 0 Å². The summed E-state index contributed by atoms with van der Waals surface area (Å²) in [6, 6.07) is -1.68.